The van der Waals surface area contributed by atoms with Gasteiger partial charge in [-0.05, 0) is 24.1 Å². The minimum absolute atomic E-state index is 0.266. The molecule has 0 bridgehead atoms. The molecule has 0 atom stereocenters. The molecule has 0 N–H and O–H groups in total. The van der Waals surface area contributed by atoms with Crippen molar-refractivity contribution in [2.45, 2.75) is 6.42 Å². The standard InChI is InChI=1S/C9H8ClF/c1-2-3-7-4-5-8(10)6-9(7)11/h2,4-6H,1,3H2. The van der Waals surface area contributed by atoms with E-state index >= 15 is 0 Å². The van der Waals surface area contributed by atoms with Crippen molar-refractivity contribution in [3.63, 3.8) is 0 Å². The van der Waals surface area contributed by atoms with E-state index in [1.54, 1.807) is 18.2 Å². The van der Waals surface area contributed by atoms with Crippen molar-refractivity contribution in [1.82, 2.24) is 0 Å². The summed E-state index contributed by atoms with van der Waals surface area (Å²) in [5.74, 6) is -0.266. The Bertz CT molecular complexity index is 268. The van der Waals surface area contributed by atoms with E-state index < -0.39 is 0 Å². The zero-order valence-corrected chi connectivity index (χ0v) is 6.74. The van der Waals surface area contributed by atoms with Gasteiger partial charge in [-0.1, -0.05) is 23.7 Å². The zero-order valence-electron chi connectivity index (χ0n) is 5.98. The molecule has 0 radical (unpaired) electrons. The quantitative estimate of drug-likeness (QED) is 0.598. The Balaban J connectivity index is 2.98. The summed E-state index contributed by atoms with van der Waals surface area (Å²) in [6.45, 7) is 3.52. The third-order valence-electron chi connectivity index (χ3n) is 1.38. The van der Waals surface area contributed by atoms with Crippen LogP contribution in [0.4, 0.5) is 4.39 Å². The molecular formula is C9H8ClF. The zero-order chi connectivity index (χ0) is 8.27. The van der Waals surface area contributed by atoms with Gasteiger partial charge in [0.1, 0.15) is 5.82 Å². The van der Waals surface area contributed by atoms with E-state index in [2.05, 4.69) is 6.58 Å². The molecule has 0 aromatic heterocycles. The summed E-state index contributed by atoms with van der Waals surface area (Å²) in [6, 6.07) is 4.64. The molecule has 0 saturated carbocycles. The first-order valence-corrected chi connectivity index (χ1v) is 3.66. The first-order valence-electron chi connectivity index (χ1n) is 3.29. The maximum Gasteiger partial charge on any atom is 0.128 e. The molecular weight excluding hydrogens is 163 g/mol. The predicted molar refractivity (Wildman–Crippen MR) is 45.3 cm³/mol. The highest BCUT2D eigenvalue weighted by molar-refractivity contribution is 6.30. The van der Waals surface area contributed by atoms with E-state index in [9.17, 15) is 4.39 Å². The van der Waals surface area contributed by atoms with Gasteiger partial charge in [0.25, 0.3) is 0 Å². The summed E-state index contributed by atoms with van der Waals surface area (Å²) in [4.78, 5) is 0. The van der Waals surface area contributed by atoms with Gasteiger partial charge in [0.05, 0.1) is 0 Å². The molecule has 11 heavy (non-hydrogen) atoms. The second-order valence-corrected chi connectivity index (χ2v) is 2.66. The number of allylic oxidation sites excluding steroid dienone is 1. The van der Waals surface area contributed by atoms with Gasteiger partial charge in [-0.15, -0.1) is 6.58 Å². The Morgan fingerprint density at radius 3 is 2.82 bits per heavy atom. The van der Waals surface area contributed by atoms with E-state index in [1.165, 1.54) is 6.07 Å². The highest BCUT2D eigenvalue weighted by atomic mass is 35.5. The first kappa shape index (κ1) is 8.28. The summed E-state index contributed by atoms with van der Waals surface area (Å²) in [7, 11) is 0. The van der Waals surface area contributed by atoms with Crippen LogP contribution < -0.4 is 0 Å². The maximum absolute atomic E-state index is 12.9. The maximum atomic E-state index is 12.9. The Morgan fingerprint density at radius 1 is 1.55 bits per heavy atom. The topological polar surface area (TPSA) is 0 Å². The fourth-order valence-corrected chi connectivity index (χ4v) is 1.00. The molecule has 0 nitrogen and oxygen atoms in total. The monoisotopic (exact) mass is 170 g/mol. The van der Waals surface area contributed by atoms with Gasteiger partial charge in [-0.25, -0.2) is 4.39 Å². The van der Waals surface area contributed by atoms with Crippen molar-refractivity contribution in [2.24, 2.45) is 0 Å². The van der Waals surface area contributed by atoms with Crippen LogP contribution in [0, 0.1) is 5.82 Å². The average Bonchev–Trinajstić information content (AvgIpc) is 1.95. The summed E-state index contributed by atoms with van der Waals surface area (Å²) in [5, 5.41) is 0.426. The van der Waals surface area contributed by atoms with Gasteiger partial charge in [0.15, 0.2) is 0 Å². The van der Waals surface area contributed by atoms with E-state index in [4.69, 9.17) is 11.6 Å². The lowest BCUT2D eigenvalue weighted by molar-refractivity contribution is 0.615. The first-order chi connectivity index (χ1) is 5.24. The second kappa shape index (κ2) is 3.54. The third kappa shape index (κ3) is 2.05. The van der Waals surface area contributed by atoms with Crippen molar-refractivity contribution >= 4 is 11.6 Å². The van der Waals surface area contributed by atoms with Crippen molar-refractivity contribution in [2.75, 3.05) is 0 Å². The number of hydrogen-bond acceptors (Lipinski definition) is 0. The van der Waals surface area contributed by atoms with Crippen LogP contribution in [0.3, 0.4) is 0 Å². The smallest absolute Gasteiger partial charge is 0.128 e. The molecule has 0 unspecified atom stereocenters. The fraction of sp³-hybridized carbons (Fsp3) is 0.111. The molecule has 58 valence electrons. The molecule has 1 rings (SSSR count). The van der Waals surface area contributed by atoms with Gasteiger partial charge in [-0.3, -0.25) is 0 Å². The number of rotatable bonds is 2. The SMILES string of the molecule is C=CCc1ccc(Cl)cc1F. The van der Waals surface area contributed by atoms with Gasteiger partial charge in [0, 0.05) is 5.02 Å². The highest BCUT2D eigenvalue weighted by Crippen LogP contribution is 2.14. The third-order valence-corrected chi connectivity index (χ3v) is 1.61. The molecule has 0 spiro atoms. The highest BCUT2D eigenvalue weighted by Gasteiger charge is 1.99. The van der Waals surface area contributed by atoms with Crippen molar-refractivity contribution in [1.29, 1.82) is 0 Å². The van der Waals surface area contributed by atoms with Crippen molar-refractivity contribution in [3.05, 3.63) is 47.3 Å². The van der Waals surface area contributed by atoms with Crippen LogP contribution >= 0.6 is 11.6 Å². The molecule has 0 saturated heterocycles. The van der Waals surface area contributed by atoms with Crippen LogP contribution in [0.5, 0.6) is 0 Å². The number of halogens is 2. The van der Waals surface area contributed by atoms with Crippen LogP contribution in [-0.4, -0.2) is 0 Å². The Labute approximate surface area is 70.3 Å². The van der Waals surface area contributed by atoms with Gasteiger partial charge >= 0.3 is 0 Å². The van der Waals surface area contributed by atoms with Crippen molar-refractivity contribution in [3.8, 4) is 0 Å². The molecule has 0 heterocycles. The Kier molecular flexibility index (Phi) is 2.66. The fourth-order valence-electron chi connectivity index (χ4n) is 0.843. The largest absolute Gasteiger partial charge is 0.207 e. The van der Waals surface area contributed by atoms with Gasteiger partial charge in [-0.2, -0.15) is 0 Å². The van der Waals surface area contributed by atoms with Gasteiger partial charge < -0.3 is 0 Å². The molecule has 0 aliphatic carbocycles. The van der Waals surface area contributed by atoms with E-state index in [-0.39, 0.29) is 5.82 Å². The van der Waals surface area contributed by atoms with Crippen molar-refractivity contribution < 1.29 is 4.39 Å². The minimum Gasteiger partial charge on any atom is -0.207 e. The number of benzene rings is 1. The second-order valence-electron chi connectivity index (χ2n) is 2.23. The van der Waals surface area contributed by atoms with Crippen LogP contribution in [0.15, 0.2) is 30.9 Å². The number of hydrogen-bond donors (Lipinski definition) is 0. The molecule has 1 aromatic rings. The van der Waals surface area contributed by atoms with E-state index in [0.29, 0.717) is 17.0 Å². The lowest BCUT2D eigenvalue weighted by Gasteiger charge is -1.98. The predicted octanol–water partition coefficient (Wildman–Crippen LogP) is 3.21. The molecule has 2 heteroatoms. The van der Waals surface area contributed by atoms with Crippen LogP contribution in [-0.2, 0) is 6.42 Å². The molecule has 0 amide bonds. The minimum atomic E-state index is -0.266. The van der Waals surface area contributed by atoms with Gasteiger partial charge in [0.2, 0.25) is 0 Å². The van der Waals surface area contributed by atoms with E-state index in [1.807, 2.05) is 0 Å². The Morgan fingerprint density at radius 2 is 2.27 bits per heavy atom. The lowest BCUT2D eigenvalue weighted by Crippen LogP contribution is -1.86. The van der Waals surface area contributed by atoms with Crippen LogP contribution in [0.25, 0.3) is 0 Å². The van der Waals surface area contributed by atoms with Crippen LogP contribution in [0.1, 0.15) is 5.56 Å². The summed E-state index contributed by atoms with van der Waals surface area (Å²) < 4.78 is 12.9. The summed E-state index contributed by atoms with van der Waals surface area (Å²) >= 11 is 5.55. The van der Waals surface area contributed by atoms with E-state index in [0.717, 1.165) is 0 Å². The Hall–Kier alpha value is -0.820. The normalized spacial score (nSPS) is 9.64. The molecule has 1 aromatic carbocycles. The lowest BCUT2D eigenvalue weighted by atomic mass is 10.1. The molecule has 0 aliphatic heterocycles. The average molecular weight is 171 g/mol. The van der Waals surface area contributed by atoms with Crippen LogP contribution in [0.2, 0.25) is 5.02 Å². The summed E-state index contributed by atoms with van der Waals surface area (Å²) in [6.07, 6.45) is 2.20. The molecule has 0 aliphatic rings. The summed E-state index contributed by atoms with van der Waals surface area (Å²) in [5.41, 5.74) is 0.629. The molecule has 0 fully saturated rings.